The number of aromatic amines is 1. The van der Waals surface area contributed by atoms with Gasteiger partial charge in [-0.15, -0.1) is 0 Å². The monoisotopic (exact) mass is 543 g/mol. The molecule has 0 saturated heterocycles. The number of hydrogen-bond donors (Lipinski definition) is 3. The Labute approximate surface area is 225 Å². The molecule has 0 radical (unpaired) electrons. The zero-order chi connectivity index (χ0) is 28.6. The number of halogens is 2. The lowest BCUT2D eigenvalue weighted by atomic mass is 10.0. The molecule has 5 aromatic rings. The van der Waals surface area contributed by atoms with E-state index in [9.17, 15) is 18.8 Å². The molecule has 4 N–H and O–H groups in total. The van der Waals surface area contributed by atoms with Crippen LogP contribution in [0.4, 0.5) is 20.3 Å². The molecule has 202 valence electrons. The molecule has 0 spiro atoms. The minimum absolute atomic E-state index is 0.0683. The Hall–Kier alpha value is -5.39. The molecule has 0 unspecified atom stereocenters. The lowest BCUT2D eigenvalue weighted by Crippen LogP contribution is -2.42. The van der Waals surface area contributed by atoms with Gasteiger partial charge in [-0.05, 0) is 62.4 Å². The number of benzene rings is 2. The van der Waals surface area contributed by atoms with E-state index < -0.39 is 34.8 Å². The summed E-state index contributed by atoms with van der Waals surface area (Å²) in [7, 11) is 0. The highest BCUT2D eigenvalue weighted by Gasteiger charge is 2.21. The first-order valence-corrected chi connectivity index (χ1v) is 12.1. The molecule has 1 amide bonds. The van der Waals surface area contributed by atoms with Crippen LogP contribution in [-0.2, 0) is 0 Å². The average molecular weight is 544 g/mol. The quantitative estimate of drug-likeness (QED) is 0.294. The maximum atomic E-state index is 15.3. The molecule has 3 heterocycles. The Morgan fingerprint density at radius 2 is 1.75 bits per heavy atom. The van der Waals surface area contributed by atoms with Gasteiger partial charge in [-0.25, -0.2) is 23.1 Å². The molecule has 0 saturated carbocycles. The smallest absolute Gasteiger partial charge is 0.335 e. The lowest BCUT2D eigenvalue weighted by molar-refractivity contribution is 0.102. The highest BCUT2D eigenvalue weighted by atomic mass is 19.1. The molecule has 12 heteroatoms. The summed E-state index contributed by atoms with van der Waals surface area (Å²) in [5.74, 6) is -1.98. The largest absolute Gasteiger partial charge is 0.383 e. The number of anilines is 2. The van der Waals surface area contributed by atoms with Crippen molar-refractivity contribution in [1.29, 1.82) is 0 Å². The maximum Gasteiger partial charge on any atom is 0.335 e. The topological polar surface area (TPSA) is 141 Å². The van der Waals surface area contributed by atoms with Crippen molar-refractivity contribution in [2.75, 3.05) is 11.1 Å². The third kappa shape index (κ3) is 4.89. The zero-order valence-corrected chi connectivity index (χ0v) is 21.4. The standard InChI is InChI=1S/C28H23F2N7O3/c1-15(2)36-14-23(27(39)37(28(36)40)20-6-3-18(29)4-7-20)26(38)35-19-5-8-21(24(30)10-19)22-9-16(11-32-25(22)31)17-12-33-34-13-17/h3-15H,1-2H3,(H2,31,32)(H,33,34)(H,35,38). The molecular weight excluding hydrogens is 520 g/mol. The molecule has 0 fully saturated rings. The van der Waals surface area contributed by atoms with E-state index in [1.165, 1.54) is 28.8 Å². The van der Waals surface area contributed by atoms with Crippen LogP contribution in [0.25, 0.3) is 27.9 Å². The Kier molecular flexibility index (Phi) is 6.82. The van der Waals surface area contributed by atoms with Crippen LogP contribution in [-0.4, -0.2) is 30.2 Å². The third-order valence-electron chi connectivity index (χ3n) is 6.27. The van der Waals surface area contributed by atoms with Gasteiger partial charge in [0.2, 0.25) is 0 Å². The van der Waals surface area contributed by atoms with Gasteiger partial charge in [-0.3, -0.25) is 19.3 Å². The molecule has 0 aliphatic rings. The van der Waals surface area contributed by atoms with E-state index in [0.29, 0.717) is 11.1 Å². The number of nitrogens with one attached hydrogen (secondary N) is 2. The molecular formula is C28H23F2N7O3. The zero-order valence-electron chi connectivity index (χ0n) is 21.4. The normalized spacial score (nSPS) is 11.1. The number of amides is 1. The molecule has 40 heavy (non-hydrogen) atoms. The maximum absolute atomic E-state index is 15.3. The van der Waals surface area contributed by atoms with Gasteiger partial charge >= 0.3 is 5.69 Å². The van der Waals surface area contributed by atoms with Crippen molar-refractivity contribution >= 4 is 17.4 Å². The van der Waals surface area contributed by atoms with Crippen molar-refractivity contribution in [1.82, 2.24) is 24.3 Å². The predicted molar refractivity (Wildman–Crippen MR) is 146 cm³/mol. The molecule has 0 aliphatic carbocycles. The first kappa shape index (κ1) is 26.2. The van der Waals surface area contributed by atoms with Crippen LogP contribution in [0.2, 0.25) is 0 Å². The fourth-order valence-electron chi connectivity index (χ4n) is 4.18. The van der Waals surface area contributed by atoms with Gasteiger partial charge in [-0.1, -0.05) is 0 Å². The first-order valence-electron chi connectivity index (χ1n) is 12.1. The summed E-state index contributed by atoms with van der Waals surface area (Å²) in [5.41, 5.74) is 6.15. The number of nitrogens with zero attached hydrogens (tertiary/aromatic N) is 4. The van der Waals surface area contributed by atoms with Crippen LogP contribution in [0, 0.1) is 11.6 Å². The van der Waals surface area contributed by atoms with E-state index >= 15 is 4.39 Å². The number of carbonyl (C=O) groups is 1. The van der Waals surface area contributed by atoms with Crippen molar-refractivity contribution in [2.45, 2.75) is 19.9 Å². The molecule has 0 aliphatic heterocycles. The number of pyridine rings is 1. The highest BCUT2D eigenvalue weighted by Crippen LogP contribution is 2.32. The summed E-state index contributed by atoms with van der Waals surface area (Å²) in [6.45, 7) is 3.41. The Morgan fingerprint density at radius 3 is 2.40 bits per heavy atom. The fraction of sp³-hybridized carbons (Fsp3) is 0.107. The summed E-state index contributed by atoms with van der Waals surface area (Å²) in [6, 6.07) is 9.99. The van der Waals surface area contributed by atoms with Gasteiger partial charge in [0.05, 0.1) is 11.9 Å². The number of nitrogen functional groups attached to an aromatic ring is 1. The van der Waals surface area contributed by atoms with Crippen LogP contribution in [0.1, 0.15) is 30.2 Å². The van der Waals surface area contributed by atoms with Crippen LogP contribution in [0.3, 0.4) is 0 Å². The highest BCUT2D eigenvalue weighted by molar-refractivity contribution is 6.04. The van der Waals surface area contributed by atoms with E-state index in [0.717, 1.165) is 34.5 Å². The molecule has 10 nitrogen and oxygen atoms in total. The summed E-state index contributed by atoms with van der Waals surface area (Å²) in [5, 5.41) is 9.12. The van der Waals surface area contributed by atoms with E-state index in [1.807, 2.05) is 0 Å². The molecule has 3 aromatic heterocycles. The second-order valence-electron chi connectivity index (χ2n) is 9.24. The van der Waals surface area contributed by atoms with Crippen LogP contribution in [0.5, 0.6) is 0 Å². The Morgan fingerprint density at radius 1 is 1.00 bits per heavy atom. The van der Waals surface area contributed by atoms with Crippen molar-refractivity contribution in [3.63, 3.8) is 0 Å². The number of hydrogen-bond acceptors (Lipinski definition) is 6. The summed E-state index contributed by atoms with van der Waals surface area (Å²) in [4.78, 5) is 43.6. The summed E-state index contributed by atoms with van der Waals surface area (Å²) < 4.78 is 30.7. The van der Waals surface area contributed by atoms with E-state index in [4.69, 9.17) is 5.73 Å². The van der Waals surface area contributed by atoms with E-state index in [1.54, 1.807) is 38.5 Å². The van der Waals surface area contributed by atoms with Gasteiger partial charge in [0.1, 0.15) is 23.0 Å². The molecule has 2 aromatic carbocycles. The fourth-order valence-corrected chi connectivity index (χ4v) is 4.18. The van der Waals surface area contributed by atoms with Gasteiger partial charge in [-0.2, -0.15) is 5.10 Å². The third-order valence-corrected chi connectivity index (χ3v) is 6.27. The van der Waals surface area contributed by atoms with E-state index in [-0.39, 0.29) is 28.3 Å². The number of nitrogens with two attached hydrogens (primary N) is 1. The van der Waals surface area contributed by atoms with Gasteiger partial charge in [0.25, 0.3) is 11.5 Å². The van der Waals surface area contributed by atoms with Crippen molar-refractivity contribution in [3.05, 3.63) is 111 Å². The number of rotatable bonds is 6. The number of carbonyl (C=O) groups excluding carboxylic acids is 1. The average Bonchev–Trinajstić information content (AvgIpc) is 3.45. The molecule has 5 rings (SSSR count). The molecule has 0 atom stereocenters. The second-order valence-corrected chi connectivity index (χ2v) is 9.24. The van der Waals surface area contributed by atoms with Crippen molar-refractivity contribution in [2.24, 2.45) is 0 Å². The van der Waals surface area contributed by atoms with Crippen LogP contribution >= 0.6 is 0 Å². The van der Waals surface area contributed by atoms with Crippen LogP contribution < -0.4 is 22.3 Å². The SMILES string of the molecule is CC(C)n1cc(C(=O)Nc2ccc(-c3cc(-c4cn[nH]c4)cnc3N)c(F)c2)c(=O)n(-c2ccc(F)cc2)c1=O. The molecule has 0 bridgehead atoms. The van der Waals surface area contributed by atoms with Gasteiger partial charge < -0.3 is 11.1 Å². The Balaban J connectivity index is 1.50. The Bertz CT molecular complexity index is 1840. The van der Waals surface area contributed by atoms with Crippen molar-refractivity contribution in [3.8, 4) is 27.9 Å². The summed E-state index contributed by atoms with van der Waals surface area (Å²) in [6.07, 6.45) is 5.96. The number of aromatic nitrogens is 5. The second kappa shape index (κ2) is 10.4. The first-order chi connectivity index (χ1) is 19.1. The van der Waals surface area contributed by atoms with Crippen LogP contribution in [0.15, 0.2) is 82.9 Å². The minimum atomic E-state index is -0.905. The van der Waals surface area contributed by atoms with Gasteiger partial charge in [0.15, 0.2) is 0 Å². The summed E-state index contributed by atoms with van der Waals surface area (Å²) >= 11 is 0. The van der Waals surface area contributed by atoms with Gasteiger partial charge in [0, 0.05) is 52.6 Å². The number of H-pyrrole nitrogens is 1. The van der Waals surface area contributed by atoms with Crippen molar-refractivity contribution < 1.29 is 13.6 Å². The minimum Gasteiger partial charge on any atom is -0.383 e. The predicted octanol–water partition coefficient (Wildman–Crippen LogP) is 4.14. The van der Waals surface area contributed by atoms with E-state index in [2.05, 4.69) is 20.5 Å². The lowest BCUT2D eigenvalue weighted by Gasteiger charge is -2.16.